The van der Waals surface area contributed by atoms with Crippen molar-refractivity contribution in [3.8, 4) is 0 Å². The Bertz CT molecular complexity index is 304. The summed E-state index contributed by atoms with van der Waals surface area (Å²) in [5.74, 6) is -0.102. The molecule has 0 spiro atoms. The van der Waals surface area contributed by atoms with Crippen LogP contribution in [0.15, 0.2) is 24.3 Å². The monoisotopic (exact) mass is 264 g/mol. The Morgan fingerprint density at radius 1 is 1.11 bits per heavy atom. The fraction of sp³-hybridized carbons (Fsp3) is 0.706. The van der Waals surface area contributed by atoms with E-state index in [9.17, 15) is 4.79 Å². The summed E-state index contributed by atoms with van der Waals surface area (Å²) in [7, 11) is 0. The van der Waals surface area contributed by atoms with Gasteiger partial charge in [0.25, 0.3) is 0 Å². The second-order valence-electron chi connectivity index (χ2n) is 5.46. The third-order valence-corrected chi connectivity index (χ3v) is 3.60. The number of carbonyl (C=O) groups excluding carboxylic acids is 1. The number of esters is 1. The lowest BCUT2D eigenvalue weighted by molar-refractivity contribution is -0.139. The zero-order valence-electron chi connectivity index (χ0n) is 12.3. The van der Waals surface area contributed by atoms with Gasteiger partial charge in [-0.05, 0) is 38.7 Å². The van der Waals surface area contributed by atoms with Crippen LogP contribution >= 0.6 is 0 Å². The van der Waals surface area contributed by atoms with Gasteiger partial charge in [-0.15, -0.1) is 6.58 Å². The molecule has 0 radical (unpaired) electrons. The lowest BCUT2D eigenvalue weighted by Crippen LogP contribution is -2.03. The molecule has 1 atom stereocenters. The average molecular weight is 264 g/mol. The van der Waals surface area contributed by atoms with E-state index in [4.69, 9.17) is 4.74 Å². The Labute approximate surface area is 117 Å². The van der Waals surface area contributed by atoms with E-state index in [1.54, 1.807) is 0 Å². The normalized spacial score (nSPS) is 18.3. The molecule has 0 aromatic heterocycles. The molecule has 108 valence electrons. The van der Waals surface area contributed by atoms with E-state index in [1.165, 1.54) is 44.9 Å². The molecular weight excluding hydrogens is 236 g/mol. The Hall–Kier alpha value is -1.05. The van der Waals surface area contributed by atoms with Crippen molar-refractivity contribution in [2.24, 2.45) is 0 Å². The SMILES string of the molecule is C=CCCCCCCCCCCC1=C[C@H](C)OC1=O. The first kappa shape index (κ1) is 16.0. The van der Waals surface area contributed by atoms with Gasteiger partial charge in [0.2, 0.25) is 0 Å². The average Bonchev–Trinajstić information content (AvgIpc) is 2.70. The Morgan fingerprint density at radius 2 is 1.68 bits per heavy atom. The van der Waals surface area contributed by atoms with E-state index >= 15 is 0 Å². The highest BCUT2D eigenvalue weighted by molar-refractivity contribution is 5.90. The van der Waals surface area contributed by atoms with E-state index < -0.39 is 0 Å². The van der Waals surface area contributed by atoms with Crippen LogP contribution in [0.3, 0.4) is 0 Å². The van der Waals surface area contributed by atoms with Gasteiger partial charge in [0, 0.05) is 5.57 Å². The van der Waals surface area contributed by atoms with Crippen molar-refractivity contribution in [2.75, 3.05) is 0 Å². The highest BCUT2D eigenvalue weighted by Crippen LogP contribution is 2.19. The molecule has 19 heavy (non-hydrogen) atoms. The molecule has 1 aliphatic heterocycles. The fourth-order valence-corrected chi connectivity index (χ4v) is 2.48. The van der Waals surface area contributed by atoms with Crippen LogP contribution in [0.25, 0.3) is 0 Å². The molecule has 0 fully saturated rings. The van der Waals surface area contributed by atoms with Crippen LogP contribution in [-0.4, -0.2) is 12.1 Å². The smallest absolute Gasteiger partial charge is 0.334 e. The molecule has 1 heterocycles. The van der Waals surface area contributed by atoms with Crippen molar-refractivity contribution in [2.45, 2.75) is 77.2 Å². The second kappa shape index (κ2) is 9.82. The molecule has 2 heteroatoms. The molecule has 1 aliphatic rings. The molecule has 0 unspecified atom stereocenters. The van der Waals surface area contributed by atoms with Gasteiger partial charge in [-0.25, -0.2) is 4.79 Å². The molecule has 0 N–H and O–H groups in total. The van der Waals surface area contributed by atoms with Crippen LogP contribution in [0.2, 0.25) is 0 Å². The van der Waals surface area contributed by atoms with E-state index in [0.29, 0.717) is 0 Å². The maximum Gasteiger partial charge on any atom is 0.334 e. The van der Waals surface area contributed by atoms with Crippen molar-refractivity contribution >= 4 is 5.97 Å². The minimum Gasteiger partial charge on any atom is -0.455 e. The molecule has 0 aromatic rings. The van der Waals surface area contributed by atoms with Gasteiger partial charge in [-0.1, -0.05) is 44.6 Å². The number of rotatable bonds is 11. The summed E-state index contributed by atoms with van der Waals surface area (Å²) in [6.45, 7) is 5.65. The Balaban J connectivity index is 1.88. The van der Waals surface area contributed by atoms with Gasteiger partial charge in [0.15, 0.2) is 0 Å². The first-order valence-electron chi connectivity index (χ1n) is 7.76. The standard InChI is InChI=1S/C17H28O2/c1-3-4-5-6-7-8-9-10-11-12-13-16-14-15(2)19-17(16)18/h3,14-15H,1,4-13H2,2H3/t15-/m0/s1. The van der Waals surface area contributed by atoms with E-state index in [1.807, 2.05) is 19.1 Å². The van der Waals surface area contributed by atoms with Crippen molar-refractivity contribution in [3.05, 3.63) is 24.3 Å². The van der Waals surface area contributed by atoms with Gasteiger partial charge >= 0.3 is 5.97 Å². The maximum atomic E-state index is 11.4. The summed E-state index contributed by atoms with van der Waals surface area (Å²) in [6, 6.07) is 0. The first-order chi connectivity index (χ1) is 9.24. The van der Waals surface area contributed by atoms with E-state index in [2.05, 4.69) is 6.58 Å². The third kappa shape index (κ3) is 7.19. The third-order valence-electron chi connectivity index (χ3n) is 3.60. The van der Waals surface area contributed by atoms with E-state index in [-0.39, 0.29) is 12.1 Å². The van der Waals surface area contributed by atoms with Gasteiger partial charge in [0.05, 0.1) is 0 Å². The Kier molecular flexibility index (Phi) is 8.28. The van der Waals surface area contributed by atoms with Crippen LogP contribution in [0.4, 0.5) is 0 Å². The number of carbonyl (C=O) groups is 1. The topological polar surface area (TPSA) is 26.3 Å². The lowest BCUT2D eigenvalue weighted by Gasteiger charge is -2.02. The summed E-state index contributed by atoms with van der Waals surface area (Å²) >= 11 is 0. The van der Waals surface area contributed by atoms with Crippen molar-refractivity contribution in [1.29, 1.82) is 0 Å². The number of ether oxygens (including phenoxy) is 1. The zero-order valence-corrected chi connectivity index (χ0v) is 12.3. The number of unbranched alkanes of at least 4 members (excludes halogenated alkanes) is 8. The molecule has 0 aliphatic carbocycles. The van der Waals surface area contributed by atoms with Crippen LogP contribution < -0.4 is 0 Å². The number of cyclic esters (lactones) is 1. The van der Waals surface area contributed by atoms with Gasteiger partial charge in [0.1, 0.15) is 6.10 Å². The molecule has 0 saturated carbocycles. The van der Waals surface area contributed by atoms with Crippen LogP contribution in [0.5, 0.6) is 0 Å². The Morgan fingerprint density at radius 3 is 2.21 bits per heavy atom. The molecule has 0 aromatic carbocycles. The van der Waals surface area contributed by atoms with Gasteiger partial charge < -0.3 is 4.74 Å². The summed E-state index contributed by atoms with van der Waals surface area (Å²) < 4.78 is 5.08. The fourth-order valence-electron chi connectivity index (χ4n) is 2.48. The predicted octanol–water partition coefficient (Wildman–Crippen LogP) is 4.95. The van der Waals surface area contributed by atoms with Crippen LogP contribution in [-0.2, 0) is 9.53 Å². The highest BCUT2D eigenvalue weighted by Gasteiger charge is 2.20. The van der Waals surface area contributed by atoms with Crippen LogP contribution in [0.1, 0.15) is 71.1 Å². The minimum atomic E-state index is -0.102. The molecule has 0 saturated heterocycles. The van der Waals surface area contributed by atoms with Gasteiger partial charge in [-0.3, -0.25) is 0 Å². The first-order valence-corrected chi connectivity index (χ1v) is 7.76. The minimum absolute atomic E-state index is 0.0157. The quantitative estimate of drug-likeness (QED) is 0.300. The summed E-state index contributed by atoms with van der Waals surface area (Å²) in [5, 5.41) is 0. The number of hydrogen-bond donors (Lipinski definition) is 0. The van der Waals surface area contributed by atoms with Crippen molar-refractivity contribution < 1.29 is 9.53 Å². The summed E-state index contributed by atoms with van der Waals surface area (Å²) in [4.78, 5) is 11.4. The van der Waals surface area contributed by atoms with Gasteiger partial charge in [-0.2, -0.15) is 0 Å². The summed E-state index contributed by atoms with van der Waals surface area (Å²) in [5.41, 5.74) is 0.886. The molecule has 0 bridgehead atoms. The number of allylic oxidation sites excluding steroid dienone is 1. The van der Waals surface area contributed by atoms with Crippen molar-refractivity contribution in [3.63, 3.8) is 0 Å². The molecule has 0 amide bonds. The molecular formula is C17H28O2. The number of hydrogen-bond acceptors (Lipinski definition) is 2. The predicted molar refractivity (Wildman–Crippen MR) is 80.0 cm³/mol. The zero-order chi connectivity index (χ0) is 13.9. The molecule has 2 nitrogen and oxygen atoms in total. The second-order valence-corrected chi connectivity index (χ2v) is 5.46. The molecule has 1 rings (SSSR count). The van der Waals surface area contributed by atoms with E-state index in [0.717, 1.165) is 24.8 Å². The summed E-state index contributed by atoms with van der Waals surface area (Å²) in [6.07, 6.45) is 16.3. The lowest BCUT2D eigenvalue weighted by atomic mass is 10.0. The maximum absolute atomic E-state index is 11.4. The largest absolute Gasteiger partial charge is 0.455 e. The van der Waals surface area contributed by atoms with Crippen molar-refractivity contribution in [1.82, 2.24) is 0 Å². The highest BCUT2D eigenvalue weighted by atomic mass is 16.5. The van der Waals surface area contributed by atoms with Crippen LogP contribution in [0, 0.1) is 0 Å².